The van der Waals surface area contributed by atoms with Gasteiger partial charge in [-0.1, -0.05) is 25.2 Å². The van der Waals surface area contributed by atoms with Gasteiger partial charge in [0.25, 0.3) is 0 Å². The van der Waals surface area contributed by atoms with Crippen LogP contribution in [0.3, 0.4) is 0 Å². The van der Waals surface area contributed by atoms with Crippen LogP contribution in [0.5, 0.6) is 0 Å². The Kier molecular flexibility index (Phi) is 6.68. The fraction of sp³-hybridized carbons (Fsp3) is 0.769. The van der Waals surface area contributed by atoms with Gasteiger partial charge in [0, 0.05) is 12.6 Å². The van der Waals surface area contributed by atoms with Crippen LogP contribution in [0.2, 0.25) is 0 Å². The molecule has 4 heteroatoms. The van der Waals surface area contributed by atoms with Crippen LogP contribution in [0, 0.1) is 12.3 Å². The summed E-state index contributed by atoms with van der Waals surface area (Å²) < 4.78 is 0. The van der Waals surface area contributed by atoms with Crippen molar-refractivity contribution in [2.45, 2.75) is 38.1 Å². The van der Waals surface area contributed by atoms with Gasteiger partial charge >= 0.3 is 0 Å². The Bertz CT molecular complexity index is 267. The second kappa shape index (κ2) is 8.10. The van der Waals surface area contributed by atoms with Crippen LogP contribution in [0.1, 0.15) is 32.1 Å². The summed E-state index contributed by atoms with van der Waals surface area (Å²) in [5.41, 5.74) is 0. The second-order valence-corrected chi connectivity index (χ2v) is 4.47. The minimum atomic E-state index is -0.0537. The number of amides is 1. The fourth-order valence-electron chi connectivity index (χ4n) is 2.36. The molecule has 1 fully saturated rings. The summed E-state index contributed by atoms with van der Waals surface area (Å²) >= 11 is 0. The predicted molar refractivity (Wildman–Crippen MR) is 67.4 cm³/mol. The molecule has 4 nitrogen and oxygen atoms in total. The van der Waals surface area contributed by atoms with Crippen molar-refractivity contribution < 1.29 is 9.90 Å². The van der Waals surface area contributed by atoms with Crippen molar-refractivity contribution in [2.24, 2.45) is 0 Å². The number of nitrogens with one attached hydrogen (secondary N) is 1. The average Bonchev–Trinajstić information content (AvgIpc) is 2.37. The Balaban J connectivity index is 2.41. The van der Waals surface area contributed by atoms with Crippen LogP contribution in [0.15, 0.2) is 0 Å². The molecule has 0 aromatic carbocycles. The van der Waals surface area contributed by atoms with Gasteiger partial charge in [-0.25, -0.2) is 0 Å². The van der Waals surface area contributed by atoms with Crippen LogP contribution in [0.4, 0.5) is 0 Å². The molecule has 0 unspecified atom stereocenters. The topological polar surface area (TPSA) is 52.6 Å². The van der Waals surface area contributed by atoms with E-state index in [2.05, 4.69) is 16.1 Å². The van der Waals surface area contributed by atoms with Gasteiger partial charge in [0.1, 0.15) is 0 Å². The van der Waals surface area contributed by atoms with Gasteiger partial charge in [0.2, 0.25) is 5.91 Å². The molecule has 96 valence electrons. The van der Waals surface area contributed by atoms with E-state index in [9.17, 15) is 4.79 Å². The maximum absolute atomic E-state index is 11.6. The molecule has 1 aliphatic carbocycles. The van der Waals surface area contributed by atoms with E-state index in [0.717, 1.165) is 12.8 Å². The van der Waals surface area contributed by atoms with E-state index in [4.69, 9.17) is 11.5 Å². The highest BCUT2D eigenvalue weighted by atomic mass is 16.3. The number of rotatable bonds is 6. The summed E-state index contributed by atoms with van der Waals surface area (Å²) in [7, 11) is 0. The lowest BCUT2D eigenvalue weighted by molar-refractivity contribution is -0.122. The average molecular weight is 238 g/mol. The van der Waals surface area contributed by atoms with Crippen molar-refractivity contribution in [3.63, 3.8) is 0 Å². The SMILES string of the molecule is C#CCNC(=O)CN(CCO)C1CCCCC1. The van der Waals surface area contributed by atoms with E-state index < -0.39 is 0 Å². The normalized spacial score (nSPS) is 16.8. The Morgan fingerprint density at radius 2 is 2.12 bits per heavy atom. The van der Waals surface area contributed by atoms with Gasteiger partial charge in [-0.2, -0.15) is 0 Å². The summed E-state index contributed by atoms with van der Waals surface area (Å²) in [6.07, 6.45) is 11.1. The summed E-state index contributed by atoms with van der Waals surface area (Å²) in [5.74, 6) is 2.33. The maximum Gasteiger partial charge on any atom is 0.234 e. The van der Waals surface area contributed by atoms with Crippen LogP contribution in [-0.2, 0) is 4.79 Å². The van der Waals surface area contributed by atoms with Crippen LogP contribution < -0.4 is 5.32 Å². The number of hydrogen-bond donors (Lipinski definition) is 2. The molecule has 0 aromatic rings. The summed E-state index contributed by atoms with van der Waals surface area (Å²) in [6.45, 7) is 1.27. The molecule has 1 aliphatic rings. The van der Waals surface area contributed by atoms with Gasteiger partial charge in [-0.15, -0.1) is 6.42 Å². The van der Waals surface area contributed by atoms with Crippen LogP contribution in [-0.4, -0.2) is 48.2 Å². The first-order valence-corrected chi connectivity index (χ1v) is 6.33. The predicted octanol–water partition coefficient (Wildman–Crippen LogP) is 0.363. The molecule has 0 aliphatic heterocycles. The van der Waals surface area contributed by atoms with Crippen molar-refractivity contribution in [3.05, 3.63) is 0 Å². The second-order valence-electron chi connectivity index (χ2n) is 4.47. The number of carbonyl (C=O) groups is 1. The highest BCUT2D eigenvalue weighted by molar-refractivity contribution is 5.78. The van der Waals surface area contributed by atoms with Crippen molar-refractivity contribution in [1.29, 1.82) is 0 Å². The van der Waals surface area contributed by atoms with Gasteiger partial charge in [0.15, 0.2) is 0 Å². The minimum Gasteiger partial charge on any atom is -0.395 e. The lowest BCUT2D eigenvalue weighted by Gasteiger charge is -2.33. The number of aliphatic hydroxyl groups is 1. The zero-order valence-corrected chi connectivity index (χ0v) is 10.3. The third-order valence-corrected chi connectivity index (χ3v) is 3.21. The van der Waals surface area contributed by atoms with Crippen molar-refractivity contribution in [1.82, 2.24) is 10.2 Å². The fourth-order valence-corrected chi connectivity index (χ4v) is 2.36. The molecule has 1 rings (SSSR count). The molecule has 1 saturated carbocycles. The monoisotopic (exact) mass is 238 g/mol. The summed E-state index contributed by atoms with van der Waals surface area (Å²) in [4.78, 5) is 13.7. The Morgan fingerprint density at radius 3 is 2.71 bits per heavy atom. The van der Waals surface area contributed by atoms with E-state index in [1.165, 1.54) is 19.3 Å². The smallest absolute Gasteiger partial charge is 0.234 e. The van der Waals surface area contributed by atoms with E-state index in [-0.39, 0.29) is 19.1 Å². The van der Waals surface area contributed by atoms with E-state index in [1.54, 1.807) is 0 Å². The molecule has 0 aromatic heterocycles. The molecular formula is C13H22N2O2. The standard InChI is InChI=1S/C13H22N2O2/c1-2-8-14-13(17)11-15(9-10-16)12-6-4-3-5-7-12/h1,12,16H,3-11H2,(H,14,17). The lowest BCUT2D eigenvalue weighted by Crippen LogP contribution is -2.45. The highest BCUT2D eigenvalue weighted by Crippen LogP contribution is 2.22. The van der Waals surface area contributed by atoms with Gasteiger partial charge in [-0.05, 0) is 12.8 Å². The third kappa shape index (κ3) is 5.20. The molecule has 0 bridgehead atoms. The van der Waals surface area contributed by atoms with Crippen molar-refractivity contribution in [2.75, 3.05) is 26.2 Å². The molecule has 0 heterocycles. The molecule has 2 N–H and O–H groups in total. The van der Waals surface area contributed by atoms with E-state index in [0.29, 0.717) is 19.1 Å². The first-order valence-electron chi connectivity index (χ1n) is 6.33. The molecule has 0 saturated heterocycles. The van der Waals surface area contributed by atoms with Gasteiger partial charge in [0.05, 0.1) is 19.7 Å². The van der Waals surface area contributed by atoms with E-state index >= 15 is 0 Å². The zero-order chi connectivity index (χ0) is 12.5. The van der Waals surface area contributed by atoms with Crippen molar-refractivity contribution >= 4 is 5.91 Å². The highest BCUT2D eigenvalue weighted by Gasteiger charge is 2.22. The molecular weight excluding hydrogens is 216 g/mol. The van der Waals surface area contributed by atoms with E-state index in [1.807, 2.05) is 0 Å². The molecule has 0 spiro atoms. The minimum absolute atomic E-state index is 0.0537. The largest absolute Gasteiger partial charge is 0.395 e. The first-order chi connectivity index (χ1) is 8.27. The number of aliphatic hydroxyl groups excluding tert-OH is 1. The summed E-state index contributed by atoms with van der Waals surface area (Å²) in [5, 5.41) is 11.7. The molecule has 0 atom stereocenters. The van der Waals surface area contributed by atoms with Gasteiger partial charge < -0.3 is 10.4 Å². The van der Waals surface area contributed by atoms with Crippen molar-refractivity contribution in [3.8, 4) is 12.3 Å². The Hall–Kier alpha value is -1.05. The van der Waals surface area contributed by atoms with Crippen LogP contribution in [0.25, 0.3) is 0 Å². The Labute approximate surface area is 103 Å². The zero-order valence-electron chi connectivity index (χ0n) is 10.3. The molecule has 1 amide bonds. The third-order valence-electron chi connectivity index (χ3n) is 3.21. The number of carbonyl (C=O) groups excluding carboxylic acids is 1. The quantitative estimate of drug-likeness (QED) is 0.657. The van der Waals surface area contributed by atoms with Gasteiger partial charge in [-0.3, -0.25) is 9.69 Å². The molecule has 17 heavy (non-hydrogen) atoms. The maximum atomic E-state index is 11.6. The molecule has 0 radical (unpaired) electrons. The Morgan fingerprint density at radius 1 is 1.41 bits per heavy atom. The number of hydrogen-bond acceptors (Lipinski definition) is 3. The summed E-state index contributed by atoms with van der Waals surface area (Å²) in [6, 6.07) is 0.437. The van der Waals surface area contributed by atoms with Crippen LogP contribution >= 0.6 is 0 Å². The lowest BCUT2D eigenvalue weighted by atomic mass is 9.94. The first kappa shape index (κ1) is 14.0. The number of nitrogens with zero attached hydrogens (tertiary/aromatic N) is 1. The number of terminal acetylenes is 1.